The van der Waals surface area contributed by atoms with E-state index in [1.54, 1.807) is 0 Å². The summed E-state index contributed by atoms with van der Waals surface area (Å²) in [4.78, 5) is 0. The lowest BCUT2D eigenvalue weighted by atomic mass is 10.3. The second-order valence-electron chi connectivity index (χ2n) is 3.33. The summed E-state index contributed by atoms with van der Waals surface area (Å²) in [6, 6.07) is 3.00. The lowest BCUT2D eigenvalue weighted by molar-refractivity contribution is 0.712. The molecule has 0 aromatic carbocycles. The maximum atomic E-state index is 5.99. The van der Waals surface area contributed by atoms with Crippen LogP contribution in [0.2, 0.25) is 12.1 Å². The Kier molecular flexibility index (Phi) is 4.02. The molecular weight excluding hydrogens is 275 g/mol. The van der Waals surface area contributed by atoms with Gasteiger partial charge in [-0.2, -0.15) is 0 Å². The van der Waals surface area contributed by atoms with E-state index < -0.39 is 8.07 Å². The van der Waals surface area contributed by atoms with Crippen LogP contribution in [0.1, 0.15) is 19.3 Å². The first-order valence-corrected chi connectivity index (χ1v) is 8.84. The largest absolute Gasteiger partial charge is 0.130 e. The van der Waals surface area contributed by atoms with E-state index in [9.17, 15) is 0 Å². The molecule has 1 fully saturated rings. The molecule has 1 saturated heterocycles. The van der Waals surface area contributed by atoms with Gasteiger partial charge >= 0.3 is 0 Å². The van der Waals surface area contributed by atoms with Crippen LogP contribution in [0, 0.1) is 0 Å². The highest BCUT2D eigenvalue weighted by Crippen LogP contribution is 2.30. The lowest BCUT2D eigenvalue weighted by Gasteiger charge is -2.31. The monoisotopic (exact) mass is 288 g/mol. The summed E-state index contributed by atoms with van der Waals surface area (Å²) in [5.41, 5.74) is 1.01. The molecule has 1 aliphatic rings. The van der Waals surface area contributed by atoms with Crippen LogP contribution in [0.15, 0.2) is 0 Å². The summed E-state index contributed by atoms with van der Waals surface area (Å²) in [7, 11) is -0.878. The molecule has 0 aromatic rings. The Morgan fingerprint density at radius 1 is 1.20 bits per heavy atom. The van der Waals surface area contributed by atoms with Crippen molar-refractivity contribution in [3.8, 4) is 0 Å². The summed E-state index contributed by atoms with van der Waals surface area (Å²) in [6.45, 7) is 0. The maximum Gasteiger partial charge on any atom is 0.0799 e. The first-order valence-electron chi connectivity index (χ1n) is 3.95. The van der Waals surface area contributed by atoms with Crippen molar-refractivity contribution in [3.05, 3.63) is 0 Å². The van der Waals surface area contributed by atoms with E-state index in [1.807, 2.05) is 0 Å². The van der Waals surface area contributed by atoms with Gasteiger partial charge in [-0.15, -0.1) is 11.6 Å². The third-order valence-electron chi connectivity index (χ3n) is 2.48. The topological polar surface area (TPSA) is 0 Å². The van der Waals surface area contributed by atoms with Crippen molar-refractivity contribution in [2.24, 2.45) is 0 Å². The van der Waals surface area contributed by atoms with Crippen LogP contribution in [-0.4, -0.2) is 17.6 Å². The van der Waals surface area contributed by atoms with E-state index in [4.69, 9.17) is 11.6 Å². The third kappa shape index (κ3) is 2.11. The SMILES string of the molecule is ClC[Si]1(CI)CCCCC1. The Labute approximate surface area is 82.9 Å². The summed E-state index contributed by atoms with van der Waals surface area (Å²) in [5.74, 6) is 0. The molecule has 3 heteroatoms. The molecule has 1 heterocycles. The zero-order valence-electron chi connectivity index (χ0n) is 6.21. The zero-order chi connectivity index (χ0) is 7.45. The van der Waals surface area contributed by atoms with Gasteiger partial charge in [-0.25, -0.2) is 0 Å². The molecular formula is C7H14ClISi. The molecule has 0 nitrogen and oxygen atoms in total. The molecule has 0 atom stereocenters. The van der Waals surface area contributed by atoms with E-state index in [0.29, 0.717) is 0 Å². The summed E-state index contributed by atoms with van der Waals surface area (Å²) in [5, 5.41) is 0. The summed E-state index contributed by atoms with van der Waals surface area (Å²) < 4.78 is 1.38. The average Bonchev–Trinajstić information content (AvgIpc) is 2.06. The number of rotatable bonds is 2. The second kappa shape index (κ2) is 4.31. The van der Waals surface area contributed by atoms with Crippen LogP contribution in [0.25, 0.3) is 0 Å². The van der Waals surface area contributed by atoms with Gasteiger partial charge < -0.3 is 0 Å². The molecule has 0 spiro atoms. The molecule has 10 heavy (non-hydrogen) atoms. The van der Waals surface area contributed by atoms with Gasteiger partial charge in [-0.1, -0.05) is 53.9 Å². The molecule has 0 aromatic heterocycles. The molecule has 0 radical (unpaired) electrons. The van der Waals surface area contributed by atoms with Crippen molar-refractivity contribution < 1.29 is 0 Å². The van der Waals surface area contributed by atoms with Crippen LogP contribution in [-0.2, 0) is 0 Å². The number of halogens is 2. The quantitative estimate of drug-likeness (QED) is 0.415. The van der Waals surface area contributed by atoms with Crippen molar-refractivity contribution in [2.75, 3.05) is 9.55 Å². The predicted molar refractivity (Wildman–Crippen MR) is 58.8 cm³/mol. The molecule has 0 unspecified atom stereocenters. The third-order valence-corrected chi connectivity index (χ3v) is 13.0. The molecule has 0 N–H and O–H groups in total. The van der Waals surface area contributed by atoms with Gasteiger partial charge in [0.2, 0.25) is 0 Å². The van der Waals surface area contributed by atoms with Crippen LogP contribution in [0.4, 0.5) is 0 Å². The molecule has 1 aliphatic heterocycles. The number of hydrogen-bond acceptors (Lipinski definition) is 0. The van der Waals surface area contributed by atoms with Gasteiger partial charge in [0, 0.05) is 5.50 Å². The minimum absolute atomic E-state index is 0.878. The van der Waals surface area contributed by atoms with Gasteiger partial charge in [0.15, 0.2) is 0 Å². The van der Waals surface area contributed by atoms with Gasteiger partial charge in [-0.3, -0.25) is 0 Å². The molecule has 0 aliphatic carbocycles. The maximum absolute atomic E-state index is 5.99. The summed E-state index contributed by atoms with van der Waals surface area (Å²) in [6.07, 6.45) is 4.38. The number of alkyl halides is 2. The minimum Gasteiger partial charge on any atom is -0.130 e. The second-order valence-corrected chi connectivity index (χ2v) is 11.0. The highest BCUT2D eigenvalue weighted by molar-refractivity contribution is 14.1. The van der Waals surface area contributed by atoms with Gasteiger partial charge in [0.1, 0.15) is 0 Å². The van der Waals surface area contributed by atoms with E-state index in [-0.39, 0.29) is 0 Å². The molecule has 0 saturated carbocycles. The fourth-order valence-corrected chi connectivity index (χ4v) is 9.60. The zero-order valence-corrected chi connectivity index (χ0v) is 10.1. The predicted octanol–water partition coefficient (Wildman–Crippen LogP) is 3.37. The normalized spacial score (nSPS) is 24.6. The van der Waals surface area contributed by atoms with Crippen molar-refractivity contribution in [1.82, 2.24) is 0 Å². The van der Waals surface area contributed by atoms with Crippen molar-refractivity contribution in [2.45, 2.75) is 31.4 Å². The first kappa shape index (κ1) is 9.33. The standard InChI is InChI=1S/C7H14ClISi/c8-6-10(7-9)4-2-1-3-5-10/h1-7H2. The highest BCUT2D eigenvalue weighted by atomic mass is 127. The number of hydrogen-bond donors (Lipinski definition) is 0. The Hall–Kier alpha value is 1.24. The smallest absolute Gasteiger partial charge is 0.0799 e. The molecule has 0 amide bonds. The van der Waals surface area contributed by atoms with E-state index in [0.717, 1.165) is 5.50 Å². The van der Waals surface area contributed by atoms with Crippen LogP contribution < -0.4 is 0 Å². The molecule has 60 valence electrons. The Morgan fingerprint density at radius 2 is 1.80 bits per heavy atom. The van der Waals surface area contributed by atoms with Crippen molar-refractivity contribution in [1.29, 1.82) is 0 Å². The van der Waals surface area contributed by atoms with Crippen LogP contribution in [0.3, 0.4) is 0 Å². The Bertz CT molecular complexity index is 95.8. The van der Waals surface area contributed by atoms with Crippen LogP contribution >= 0.6 is 34.2 Å². The van der Waals surface area contributed by atoms with E-state index >= 15 is 0 Å². The van der Waals surface area contributed by atoms with Crippen molar-refractivity contribution in [3.63, 3.8) is 0 Å². The van der Waals surface area contributed by atoms with Gasteiger partial charge in [-0.05, 0) is 4.05 Å². The van der Waals surface area contributed by atoms with Gasteiger partial charge in [0.05, 0.1) is 8.07 Å². The van der Waals surface area contributed by atoms with E-state index in [2.05, 4.69) is 22.6 Å². The molecule has 0 bridgehead atoms. The fraction of sp³-hybridized carbons (Fsp3) is 1.00. The lowest BCUT2D eigenvalue weighted by Crippen LogP contribution is -2.41. The van der Waals surface area contributed by atoms with E-state index in [1.165, 1.54) is 35.4 Å². The highest BCUT2D eigenvalue weighted by Gasteiger charge is 2.31. The fourth-order valence-electron chi connectivity index (χ4n) is 1.60. The van der Waals surface area contributed by atoms with Crippen LogP contribution in [0.5, 0.6) is 0 Å². The van der Waals surface area contributed by atoms with Crippen molar-refractivity contribution >= 4 is 42.3 Å². The first-order chi connectivity index (χ1) is 4.83. The Morgan fingerprint density at radius 3 is 2.10 bits per heavy atom. The Balaban J connectivity index is 2.44. The van der Waals surface area contributed by atoms with Gasteiger partial charge in [0.25, 0.3) is 0 Å². The minimum atomic E-state index is -0.878. The summed E-state index contributed by atoms with van der Waals surface area (Å²) >= 11 is 8.53. The average molecular weight is 289 g/mol. The molecule has 1 rings (SSSR count).